The van der Waals surface area contributed by atoms with E-state index in [1.165, 1.54) is 13.0 Å². The van der Waals surface area contributed by atoms with E-state index in [2.05, 4.69) is 15.5 Å². The number of rotatable bonds is 3. The molecule has 29 heavy (non-hydrogen) atoms. The molecule has 5 unspecified atom stereocenters. The van der Waals surface area contributed by atoms with Gasteiger partial charge in [-0.25, -0.2) is 10.4 Å². The van der Waals surface area contributed by atoms with Crippen molar-refractivity contribution in [2.45, 2.75) is 44.1 Å². The van der Waals surface area contributed by atoms with Gasteiger partial charge in [0.25, 0.3) is 0 Å². The number of carbonyl (C=O) groups excluding carboxylic acids is 1. The van der Waals surface area contributed by atoms with Crippen LogP contribution in [0.1, 0.15) is 18.5 Å². The second-order valence-corrected chi connectivity index (χ2v) is 6.92. The zero-order valence-electron chi connectivity index (χ0n) is 14.5. The lowest BCUT2D eigenvalue weighted by Gasteiger charge is -2.37. The molecule has 4 N–H and O–H groups in total. The number of fused-ring (bicyclic) bond motifs is 1. The number of alkyl halides is 6. The second kappa shape index (κ2) is 7.47. The van der Waals surface area contributed by atoms with E-state index >= 15 is 0 Å². The monoisotopic (exact) mass is 448 g/mol. The average molecular weight is 449 g/mol. The number of hydrogen-bond donors (Lipinski definition) is 4. The van der Waals surface area contributed by atoms with Crippen molar-refractivity contribution < 1.29 is 41.0 Å². The molecule has 162 valence electrons. The molecule has 1 aromatic rings. The summed E-state index contributed by atoms with van der Waals surface area (Å²) in [6, 6.07) is 0.140. The first-order valence-corrected chi connectivity index (χ1v) is 8.56. The molecule has 2 saturated heterocycles. The van der Waals surface area contributed by atoms with Crippen molar-refractivity contribution in [1.29, 1.82) is 0 Å². The van der Waals surface area contributed by atoms with Crippen LogP contribution in [0.25, 0.3) is 0 Å². The van der Waals surface area contributed by atoms with E-state index in [0.717, 1.165) is 17.1 Å². The number of nitrogens with one attached hydrogen (secondary N) is 3. The predicted octanol–water partition coefficient (Wildman–Crippen LogP) is 1.99. The number of benzene rings is 1. The van der Waals surface area contributed by atoms with Crippen molar-refractivity contribution in [3.63, 3.8) is 0 Å². The van der Waals surface area contributed by atoms with Crippen LogP contribution in [0.4, 0.5) is 26.3 Å². The maximum atomic E-state index is 13.4. The van der Waals surface area contributed by atoms with Gasteiger partial charge in [0.2, 0.25) is 5.91 Å². The smallest absolute Gasteiger partial charge is 0.404 e. The van der Waals surface area contributed by atoms with Crippen LogP contribution in [0.2, 0.25) is 5.02 Å². The van der Waals surface area contributed by atoms with Gasteiger partial charge in [-0.2, -0.15) is 13.2 Å². The standard InChI is InChI=1S/C15H15ClF6N4O3/c1-5(6-2-3-8(7(16)4-6)29-15(20,21)22)26-11-9(10(25-26)14(17,18)19)12(27)24-13(28)23-11/h2-5,9-11,13,23,25,28H,1H3,(H,24,27). The van der Waals surface area contributed by atoms with Crippen LogP contribution in [-0.4, -0.2) is 47.1 Å². The number of aliphatic hydroxyl groups is 1. The van der Waals surface area contributed by atoms with Crippen LogP contribution in [0.3, 0.4) is 0 Å². The maximum absolute atomic E-state index is 13.4. The van der Waals surface area contributed by atoms with Gasteiger partial charge in [-0.15, -0.1) is 13.2 Å². The number of amides is 1. The molecular weight excluding hydrogens is 434 g/mol. The highest BCUT2D eigenvalue weighted by Crippen LogP contribution is 2.39. The quantitative estimate of drug-likeness (QED) is 0.529. The molecule has 1 aromatic carbocycles. The number of nitrogens with zero attached hydrogens (tertiary/aromatic N) is 1. The average Bonchev–Trinajstić information content (AvgIpc) is 2.94. The van der Waals surface area contributed by atoms with Crippen molar-refractivity contribution in [2.24, 2.45) is 5.92 Å². The summed E-state index contributed by atoms with van der Waals surface area (Å²) in [5, 5.41) is 14.8. The van der Waals surface area contributed by atoms with Gasteiger partial charge >= 0.3 is 12.5 Å². The Morgan fingerprint density at radius 3 is 2.45 bits per heavy atom. The molecule has 3 rings (SSSR count). The maximum Gasteiger partial charge on any atom is 0.573 e. The molecule has 2 aliphatic heterocycles. The molecule has 2 heterocycles. The van der Waals surface area contributed by atoms with E-state index in [-0.39, 0.29) is 5.56 Å². The Labute approximate surface area is 164 Å². The van der Waals surface area contributed by atoms with Crippen molar-refractivity contribution >= 4 is 17.5 Å². The summed E-state index contributed by atoms with van der Waals surface area (Å²) in [5.41, 5.74) is 2.46. The Bertz CT molecular complexity index is 792. The van der Waals surface area contributed by atoms with Crippen LogP contribution in [-0.2, 0) is 4.79 Å². The van der Waals surface area contributed by atoms with Gasteiger partial charge in [0.05, 0.1) is 17.1 Å². The third-order valence-electron chi connectivity index (χ3n) is 4.63. The van der Waals surface area contributed by atoms with E-state index < -0.39 is 59.7 Å². The van der Waals surface area contributed by atoms with E-state index in [4.69, 9.17) is 11.6 Å². The van der Waals surface area contributed by atoms with Crippen molar-refractivity contribution in [3.8, 4) is 5.75 Å². The molecule has 2 aliphatic rings. The molecule has 1 amide bonds. The molecule has 0 bridgehead atoms. The van der Waals surface area contributed by atoms with Crippen molar-refractivity contribution in [1.82, 2.24) is 21.1 Å². The number of aliphatic hydroxyl groups excluding tert-OH is 1. The van der Waals surface area contributed by atoms with Crippen LogP contribution in [0.15, 0.2) is 18.2 Å². The summed E-state index contributed by atoms with van der Waals surface area (Å²) >= 11 is 5.81. The first kappa shape index (κ1) is 21.9. The number of ether oxygens (including phenoxy) is 1. The van der Waals surface area contributed by atoms with E-state index in [0.29, 0.717) is 0 Å². The molecule has 0 saturated carbocycles. The highest BCUT2D eigenvalue weighted by atomic mass is 35.5. The molecule has 0 aromatic heterocycles. The Morgan fingerprint density at radius 1 is 1.24 bits per heavy atom. The van der Waals surface area contributed by atoms with E-state index in [9.17, 15) is 36.2 Å². The minimum absolute atomic E-state index is 0.251. The molecule has 0 radical (unpaired) electrons. The summed E-state index contributed by atoms with van der Waals surface area (Å²) in [7, 11) is 0. The zero-order chi connectivity index (χ0) is 21.7. The van der Waals surface area contributed by atoms with Crippen LogP contribution in [0, 0.1) is 5.92 Å². The summed E-state index contributed by atoms with van der Waals surface area (Å²) in [6.45, 7) is 1.46. The Morgan fingerprint density at radius 2 is 1.90 bits per heavy atom. The summed E-state index contributed by atoms with van der Waals surface area (Å²) in [6.07, 6.45) is -12.6. The van der Waals surface area contributed by atoms with E-state index in [1.54, 1.807) is 0 Å². The lowest BCUT2D eigenvalue weighted by atomic mass is 9.95. The molecule has 5 atom stereocenters. The van der Waals surface area contributed by atoms with Crippen LogP contribution >= 0.6 is 11.6 Å². The fourth-order valence-corrected chi connectivity index (χ4v) is 3.59. The summed E-state index contributed by atoms with van der Waals surface area (Å²) in [5.74, 6) is -3.27. The lowest BCUT2D eigenvalue weighted by Crippen LogP contribution is -2.65. The fraction of sp³-hybridized carbons (Fsp3) is 0.533. The molecular formula is C15H15ClF6N4O3. The minimum atomic E-state index is -4.96. The fourth-order valence-electron chi connectivity index (χ4n) is 3.36. The Kier molecular flexibility index (Phi) is 5.64. The summed E-state index contributed by atoms with van der Waals surface area (Å²) < 4.78 is 81.1. The highest BCUT2D eigenvalue weighted by Gasteiger charge is 2.60. The molecule has 0 aliphatic carbocycles. The third-order valence-corrected chi connectivity index (χ3v) is 4.93. The van der Waals surface area contributed by atoms with Gasteiger partial charge < -0.3 is 15.2 Å². The molecule has 14 heteroatoms. The SMILES string of the molecule is CC(c1ccc(OC(F)(F)F)c(Cl)c1)N1NC(C(F)(F)F)C2C(=O)NC(O)NC21. The van der Waals surface area contributed by atoms with Crippen LogP contribution in [0.5, 0.6) is 5.75 Å². The molecule has 2 fully saturated rings. The topological polar surface area (TPSA) is 85.9 Å². The zero-order valence-corrected chi connectivity index (χ0v) is 15.2. The lowest BCUT2D eigenvalue weighted by molar-refractivity contribution is -0.274. The van der Waals surface area contributed by atoms with Crippen LogP contribution < -0.4 is 20.8 Å². The summed E-state index contributed by atoms with van der Waals surface area (Å²) in [4.78, 5) is 12.1. The predicted molar refractivity (Wildman–Crippen MR) is 85.9 cm³/mol. The number of hydrazine groups is 1. The first-order valence-electron chi connectivity index (χ1n) is 8.19. The van der Waals surface area contributed by atoms with Crippen molar-refractivity contribution in [2.75, 3.05) is 0 Å². The number of carbonyl (C=O) groups is 1. The third kappa shape index (κ3) is 4.53. The number of hydrogen-bond acceptors (Lipinski definition) is 6. The second-order valence-electron chi connectivity index (χ2n) is 6.52. The van der Waals surface area contributed by atoms with Gasteiger partial charge in [0.1, 0.15) is 11.8 Å². The van der Waals surface area contributed by atoms with Gasteiger partial charge in [-0.1, -0.05) is 17.7 Å². The van der Waals surface area contributed by atoms with Gasteiger partial charge in [-0.05, 0) is 24.6 Å². The normalized spacial score (nSPS) is 29.3. The molecule has 0 spiro atoms. The van der Waals surface area contributed by atoms with Gasteiger partial charge in [0.15, 0.2) is 6.35 Å². The van der Waals surface area contributed by atoms with E-state index in [1.807, 2.05) is 5.32 Å². The van der Waals surface area contributed by atoms with Gasteiger partial charge in [0, 0.05) is 6.04 Å². The Hall–Kier alpha value is -1.80. The number of halogens is 7. The first-order chi connectivity index (χ1) is 13.3. The minimum Gasteiger partial charge on any atom is -0.404 e. The van der Waals surface area contributed by atoms with Crippen molar-refractivity contribution in [3.05, 3.63) is 28.8 Å². The largest absolute Gasteiger partial charge is 0.573 e. The molecule has 7 nitrogen and oxygen atoms in total. The highest BCUT2D eigenvalue weighted by molar-refractivity contribution is 6.32. The Balaban J connectivity index is 1.89. The van der Waals surface area contributed by atoms with Gasteiger partial charge in [-0.3, -0.25) is 10.1 Å².